The number of carboxylic acids is 1. The topological polar surface area (TPSA) is 130 Å². The molecule has 0 amide bonds. The first kappa shape index (κ1) is 16.5. The Hall–Kier alpha value is -0.460. The zero-order valence-corrected chi connectivity index (χ0v) is 10.7. The van der Waals surface area contributed by atoms with Crippen LogP contribution in [0.5, 0.6) is 0 Å². The smallest absolute Gasteiger partial charge is 0.371 e. The zero-order chi connectivity index (χ0) is 13.5. The van der Waals surface area contributed by atoms with Gasteiger partial charge in [0.25, 0.3) is 0 Å². The van der Waals surface area contributed by atoms with Gasteiger partial charge in [0.15, 0.2) is 0 Å². The molecule has 0 saturated heterocycles. The number of hydrogen-bond acceptors (Lipinski definition) is 4. The van der Waals surface area contributed by atoms with Crippen molar-refractivity contribution >= 4 is 13.6 Å². The molecule has 0 aromatic rings. The molecule has 0 fully saturated rings. The van der Waals surface area contributed by atoms with E-state index in [2.05, 4.69) is 0 Å². The predicted molar refractivity (Wildman–Crippen MR) is 61.3 cm³/mol. The van der Waals surface area contributed by atoms with Crippen molar-refractivity contribution in [1.29, 1.82) is 0 Å². The number of carbonyl (C=O) groups is 1. The van der Waals surface area contributed by atoms with Crippen LogP contribution >= 0.6 is 7.60 Å². The van der Waals surface area contributed by atoms with Crippen LogP contribution in [0.3, 0.4) is 0 Å². The minimum absolute atomic E-state index is 0.00470. The van der Waals surface area contributed by atoms with Crippen LogP contribution in [-0.2, 0) is 14.1 Å². The lowest BCUT2D eigenvalue weighted by Gasteiger charge is -2.29. The number of rotatable bonds is 9. The van der Waals surface area contributed by atoms with E-state index in [9.17, 15) is 9.36 Å². The summed E-state index contributed by atoms with van der Waals surface area (Å²) in [5.41, 5.74) is 3.57. The van der Waals surface area contributed by atoms with Gasteiger partial charge in [0.2, 0.25) is 5.47 Å². The first-order valence-electron chi connectivity index (χ1n) is 5.43. The highest BCUT2D eigenvalue weighted by molar-refractivity contribution is 7.53. The Balaban J connectivity index is 4.11. The Kier molecular flexibility index (Phi) is 6.89. The lowest BCUT2D eigenvalue weighted by molar-refractivity contribution is -0.137. The minimum Gasteiger partial charge on any atom is -0.481 e. The molecular weight excluding hydrogens is 249 g/mol. The van der Waals surface area contributed by atoms with Gasteiger partial charge in [-0.15, -0.1) is 0 Å². The van der Waals surface area contributed by atoms with Gasteiger partial charge in [-0.2, -0.15) is 0 Å². The summed E-state index contributed by atoms with van der Waals surface area (Å²) in [6.45, 7) is 1.71. The van der Waals surface area contributed by atoms with E-state index < -0.39 is 19.0 Å². The number of hydrogen-bond donors (Lipinski definition) is 4. The summed E-state index contributed by atoms with van der Waals surface area (Å²) in [5.74, 6) is -0.885. The Morgan fingerprint density at radius 3 is 2.35 bits per heavy atom. The van der Waals surface area contributed by atoms with Gasteiger partial charge in [0, 0.05) is 19.4 Å². The van der Waals surface area contributed by atoms with E-state index in [1.165, 1.54) is 0 Å². The zero-order valence-electron chi connectivity index (χ0n) is 9.83. The molecule has 0 radical (unpaired) electrons. The van der Waals surface area contributed by atoms with E-state index >= 15 is 0 Å². The number of ether oxygens (including phenoxy) is 1. The van der Waals surface area contributed by atoms with Crippen LogP contribution < -0.4 is 5.73 Å². The van der Waals surface area contributed by atoms with E-state index in [0.29, 0.717) is 19.3 Å². The highest BCUT2D eigenvalue weighted by atomic mass is 31.2. The lowest BCUT2D eigenvalue weighted by Crippen LogP contribution is -2.42. The molecule has 0 bridgehead atoms. The predicted octanol–water partition coefficient (Wildman–Crippen LogP) is 0.848. The molecular formula is C9H20NO6P. The monoisotopic (exact) mass is 269 g/mol. The summed E-state index contributed by atoms with van der Waals surface area (Å²) in [7, 11) is -4.53. The molecule has 0 aliphatic carbocycles. The molecule has 0 spiro atoms. The van der Waals surface area contributed by atoms with Gasteiger partial charge in [-0.1, -0.05) is 6.42 Å². The summed E-state index contributed by atoms with van der Waals surface area (Å²) in [6, 6.07) is 0. The van der Waals surface area contributed by atoms with Gasteiger partial charge in [-0.25, -0.2) is 0 Å². The van der Waals surface area contributed by atoms with Crippen molar-refractivity contribution in [3.63, 3.8) is 0 Å². The van der Waals surface area contributed by atoms with Crippen molar-refractivity contribution < 1.29 is 29.0 Å². The van der Waals surface area contributed by atoms with Crippen LogP contribution in [0.15, 0.2) is 0 Å². The number of unbranched alkanes of at least 4 members (excludes halogenated alkanes) is 2. The molecule has 0 aromatic carbocycles. The van der Waals surface area contributed by atoms with Gasteiger partial charge in [0.05, 0.1) is 0 Å². The highest BCUT2D eigenvalue weighted by Crippen LogP contribution is 2.50. The second-order valence-electron chi connectivity index (χ2n) is 3.78. The largest absolute Gasteiger partial charge is 0.481 e. The molecule has 8 heteroatoms. The SMILES string of the molecule is CCOC(N)(CCCCCC(=O)O)P(=O)(O)O. The Morgan fingerprint density at radius 1 is 1.35 bits per heavy atom. The molecule has 17 heavy (non-hydrogen) atoms. The summed E-state index contributed by atoms with van der Waals surface area (Å²) in [6.07, 6.45) is 1.46. The van der Waals surface area contributed by atoms with Crippen LogP contribution in [0.2, 0.25) is 0 Å². The fourth-order valence-electron chi connectivity index (χ4n) is 1.38. The molecule has 1 unspecified atom stereocenters. The van der Waals surface area contributed by atoms with E-state index in [1.54, 1.807) is 6.92 Å². The molecule has 1 atom stereocenters. The van der Waals surface area contributed by atoms with Crippen molar-refractivity contribution in [1.82, 2.24) is 0 Å². The number of nitrogens with two attached hydrogens (primary N) is 1. The maximum atomic E-state index is 11.2. The van der Waals surface area contributed by atoms with Crippen molar-refractivity contribution in [3.05, 3.63) is 0 Å². The van der Waals surface area contributed by atoms with Gasteiger partial charge in [0.1, 0.15) is 0 Å². The van der Waals surface area contributed by atoms with Crippen molar-refractivity contribution in [2.75, 3.05) is 6.61 Å². The van der Waals surface area contributed by atoms with E-state index in [1.807, 2.05) is 0 Å². The third-order valence-electron chi connectivity index (χ3n) is 2.31. The summed E-state index contributed by atoms with van der Waals surface area (Å²) in [5, 5.41) is 8.41. The van der Waals surface area contributed by atoms with Crippen LogP contribution in [-0.4, -0.2) is 32.9 Å². The van der Waals surface area contributed by atoms with Crippen LogP contribution in [0, 0.1) is 0 Å². The standard InChI is InChI=1S/C9H20NO6P/c1-2-16-9(10,17(13,14)15)7-5-3-4-6-8(11)12/h2-7,10H2,1H3,(H,11,12)(H2,13,14,15). The molecule has 0 aliphatic rings. The minimum atomic E-state index is -4.53. The molecule has 0 aromatic heterocycles. The van der Waals surface area contributed by atoms with E-state index in [0.717, 1.165) is 0 Å². The molecule has 0 rings (SSSR count). The van der Waals surface area contributed by atoms with Crippen molar-refractivity contribution in [2.24, 2.45) is 5.73 Å². The maximum Gasteiger partial charge on any atom is 0.371 e. The normalized spacial score (nSPS) is 15.5. The second-order valence-corrected chi connectivity index (χ2v) is 5.62. The molecule has 0 aliphatic heterocycles. The van der Waals surface area contributed by atoms with Crippen LogP contribution in [0.4, 0.5) is 0 Å². The third-order valence-corrected chi connectivity index (χ3v) is 3.65. The maximum absolute atomic E-state index is 11.2. The third kappa shape index (κ3) is 6.14. The van der Waals surface area contributed by atoms with Gasteiger partial charge in [-0.3, -0.25) is 15.1 Å². The Morgan fingerprint density at radius 2 is 1.94 bits per heavy atom. The fraction of sp³-hybridized carbons (Fsp3) is 0.889. The first-order chi connectivity index (χ1) is 7.73. The fourth-order valence-corrected chi connectivity index (χ4v) is 2.13. The van der Waals surface area contributed by atoms with Gasteiger partial charge in [-0.05, 0) is 19.8 Å². The van der Waals surface area contributed by atoms with Crippen molar-refractivity contribution in [2.45, 2.75) is 44.5 Å². The van der Waals surface area contributed by atoms with Crippen LogP contribution in [0.1, 0.15) is 39.0 Å². The number of aliphatic carboxylic acids is 1. The molecule has 7 nitrogen and oxygen atoms in total. The molecule has 0 heterocycles. The summed E-state index contributed by atoms with van der Waals surface area (Å²) >= 11 is 0. The Bertz CT molecular complexity index is 291. The Labute approximate surface area is 100 Å². The van der Waals surface area contributed by atoms with Gasteiger partial charge >= 0.3 is 13.6 Å². The first-order valence-corrected chi connectivity index (χ1v) is 7.04. The number of carboxylic acid groups (broad SMARTS) is 1. The lowest BCUT2D eigenvalue weighted by atomic mass is 10.1. The quantitative estimate of drug-likeness (QED) is 0.277. The molecule has 102 valence electrons. The molecule has 5 N–H and O–H groups in total. The average molecular weight is 269 g/mol. The van der Waals surface area contributed by atoms with E-state index in [4.69, 9.17) is 25.4 Å². The second kappa shape index (κ2) is 7.08. The van der Waals surface area contributed by atoms with E-state index in [-0.39, 0.29) is 19.4 Å². The average Bonchev–Trinajstić information content (AvgIpc) is 2.15. The van der Waals surface area contributed by atoms with Crippen LogP contribution in [0.25, 0.3) is 0 Å². The van der Waals surface area contributed by atoms with Gasteiger partial charge < -0.3 is 19.6 Å². The highest BCUT2D eigenvalue weighted by Gasteiger charge is 2.43. The van der Waals surface area contributed by atoms with Crippen molar-refractivity contribution in [3.8, 4) is 0 Å². The molecule has 0 saturated carbocycles. The summed E-state index contributed by atoms with van der Waals surface area (Å²) in [4.78, 5) is 28.4. The summed E-state index contributed by atoms with van der Waals surface area (Å²) < 4.78 is 16.1.